The van der Waals surface area contributed by atoms with Crippen molar-refractivity contribution in [2.45, 2.75) is 97.8 Å². The van der Waals surface area contributed by atoms with Gasteiger partial charge >= 0.3 is 11.9 Å². The van der Waals surface area contributed by atoms with Crippen LogP contribution in [0.5, 0.6) is 11.5 Å². The standard InChI is InChI=1S/C45H59ClN6O8/c1-6-10-12-14-16-18-24-51(25-19-17-15-13-11-7-2)35-20-22-38(34(5)30-35)47-49-40-32-43(58-27-29-60-45(54)9-4)41(33-42(40)57-26-28-59-44(53)8-3)50-48-39-23-21-36(52(55)56)31-37(39)46/h8-9,20-23,30-33H,3-4,6-7,10-19,24-29H2,1-2,5H3. The van der Waals surface area contributed by atoms with E-state index in [0.29, 0.717) is 5.69 Å². The van der Waals surface area contributed by atoms with Gasteiger partial charge in [0.25, 0.3) is 5.69 Å². The largest absolute Gasteiger partial charge is 0.488 e. The Morgan fingerprint density at radius 1 is 0.667 bits per heavy atom. The maximum Gasteiger partial charge on any atom is 0.330 e. The summed E-state index contributed by atoms with van der Waals surface area (Å²) in [5.74, 6) is -0.833. The number of esters is 2. The van der Waals surface area contributed by atoms with Gasteiger partial charge in [0.05, 0.1) is 15.6 Å². The first kappa shape index (κ1) is 48.7. The lowest BCUT2D eigenvalue weighted by Crippen LogP contribution is -2.25. The maximum absolute atomic E-state index is 11.7. The third-order valence-corrected chi connectivity index (χ3v) is 9.63. The molecule has 324 valence electrons. The lowest BCUT2D eigenvalue weighted by atomic mass is 10.1. The van der Waals surface area contributed by atoms with Crippen molar-refractivity contribution in [2.75, 3.05) is 44.4 Å². The summed E-state index contributed by atoms with van der Waals surface area (Å²) in [6.45, 7) is 15.0. The van der Waals surface area contributed by atoms with E-state index in [0.717, 1.165) is 49.3 Å². The first-order valence-corrected chi connectivity index (χ1v) is 21.1. The average Bonchev–Trinajstić information content (AvgIpc) is 3.24. The third kappa shape index (κ3) is 17.7. The first-order chi connectivity index (χ1) is 29.1. The molecule has 3 aromatic carbocycles. The molecule has 15 heteroatoms. The molecule has 0 heterocycles. The number of unbranched alkanes of at least 4 members (excludes halogenated alkanes) is 10. The summed E-state index contributed by atoms with van der Waals surface area (Å²) in [5.41, 5.74) is 3.12. The molecule has 60 heavy (non-hydrogen) atoms. The molecule has 0 unspecified atom stereocenters. The summed E-state index contributed by atoms with van der Waals surface area (Å²) in [6.07, 6.45) is 16.9. The molecule has 0 bridgehead atoms. The number of nitro benzene ring substituents is 1. The minimum absolute atomic E-state index is 0.00649. The van der Waals surface area contributed by atoms with E-state index in [1.54, 1.807) is 6.07 Å². The minimum atomic E-state index is -0.615. The SMILES string of the molecule is C=CC(=O)OCCOc1cc(N=Nc2ccc([N+](=O)[O-])cc2Cl)c(OCCOC(=O)C=C)cc1N=Nc1ccc(N(CCCCCCCC)CCCCCCCC)cc1C. The topological polar surface area (TPSA) is 167 Å². The molecule has 0 aliphatic heterocycles. The van der Waals surface area contributed by atoms with E-state index in [2.05, 4.69) is 64.5 Å². The summed E-state index contributed by atoms with van der Waals surface area (Å²) in [6, 6.07) is 13.0. The summed E-state index contributed by atoms with van der Waals surface area (Å²) < 4.78 is 22.2. The predicted molar refractivity (Wildman–Crippen MR) is 236 cm³/mol. The second-order valence-corrected chi connectivity index (χ2v) is 14.4. The van der Waals surface area contributed by atoms with Crippen LogP contribution in [-0.2, 0) is 19.1 Å². The lowest BCUT2D eigenvalue weighted by molar-refractivity contribution is -0.384. The van der Waals surface area contributed by atoms with E-state index >= 15 is 0 Å². The summed E-state index contributed by atoms with van der Waals surface area (Å²) in [7, 11) is 0. The van der Waals surface area contributed by atoms with Crippen LogP contribution in [-0.4, -0.2) is 56.4 Å². The van der Waals surface area contributed by atoms with Gasteiger partial charge in [-0.15, -0.1) is 15.3 Å². The molecule has 0 saturated heterocycles. The van der Waals surface area contributed by atoms with Crippen LogP contribution in [0, 0.1) is 17.0 Å². The van der Waals surface area contributed by atoms with Crippen LogP contribution in [0.1, 0.15) is 96.5 Å². The number of hydrogen-bond acceptors (Lipinski definition) is 13. The van der Waals surface area contributed by atoms with Crippen LogP contribution in [0.2, 0.25) is 5.02 Å². The Morgan fingerprint density at radius 2 is 1.13 bits per heavy atom. The maximum atomic E-state index is 11.7. The molecular formula is C45H59ClN6O8. The van der Waals surface area contributed by atoms with Gasteiger partial charge in [-0.1, -0.05) is 103 Å². The van der Waals surface area contributed by atoms with Gasteiger partial charge in [0.2, 0.25) is 0 Å². The molecule has 14 nitrogen and oxygen atoms in total. The Kier molecular flexibility index (Phi) is 22.7. The second kappa shape index (κ2) is 27.9. The lowest BCUT2D eigenvalue weighted by Gasteiger charge is -2.26. The highest BCUT2D eigenvalue weighted by Crippen LogP contribution is 2.42. The van der Waals surface area contributed by atoms with E-state index in [9.17, 15) is 19.7 Å². The zero-order valence-electron chi connectivity index (χ0n) is 35.2. The van der Waals surface area contributed by atoms with Gasteiger partial charge in [0.1, 0.15) is 55.0 Å². The van der Waals surface area contributed by atoms with Crippen LogP contribution < -0.4 is 14.4 Å². The number of rotatable bonds is 30. The first-order valence-electron chi connectivity index (χ1n) is 20.7. The van der Waals surface area contributed by atoms with Gasteiger partial charge in [-0.3, -0.25) is 10.1 Å². The van der Waals surface area contributed by atoms with Gasteiger partial charge in [-0.25, -0.2) is 9.59 Å². The number of hydrogen-bond donors (Lipinski definition) is 0. The molecule has 3 aromatic rings. The third-order valence-electron chi connectivity index (χ3n) is 9.33. The Balaban J connectivity index is 1.96. The van der Waals surface area contributed by atoms with Crippen LogP contribution in [0.25, 0.3) is 0 Å². The van der Waals surface area contributed by atoms with Crippen molar-refractivity contribution in [3.8, 4) is 11.5 Å². The molecule has 0 aromatic heterocycles. The zero-order valence-corrected chi connectivity index (χ0v) is 36.0. The van der Waals surface area contributed by atoms with Gasteiger partial charge in [-0.05, 0) is 49.6 Å². The number of carbonyl (C=O) groups is 2. The molecular weight excluding hydrogens is 788 g/mol. The molecule has 0 saturated carbocycles. The number of non-ortho nitro benzene ring substituents is 1. The van der Waals surface area contributed by atoms with E-state index in [1.165, 1.54) is 88.5 Å². The number of benzene rings is 3. The minimum Gasteiger partial charge on any atom is -0.488 e. The highest BCUT2D eigenvalue weighted by molar-refractivity contribution is 6.33. The van der Waals surface area contributed by atoms with Gasteiger partial charge < -0.3 is 23.8 Å². The van der Waals surface area contributed by atoms with Crippen LogP contribution in [0.4, 0.5) is 34.1 Å². The fourth-order valence-electron chi connectivity index (χ4n) is 6.02. The predicted octanol–water partition coefficient (Wildman–Crippen LogP) is 13.1. The van der Waals surface area contributed by atoms with Crippen LogP contribution in [0.15, 0.2) is 94.3 Å². The van der Waals surface area contributed by atoms with Crippen LogP contribution >= 0.6 is 11.6 Å². The molecule has 0 aliphatic carbocycles. The normalized spacial score (nSPS) is 11.1. The smallest absolute Gasteiger partial charge is 0.330 e. The number of anilines is 1. The van der Waals surface area contributed by atoms with Crippen molar-refractivity contribution in [3.05, 3.63) is 94.5 Å². The molecule has 0 N–H and O–H groups in total. The highest BCUT2D eigenvalue weighted by atomic mass is 35.5. The summed E-state index contributed by atoms with van der Waals surface area (Å²) in [4.78, 5) is 36.5. The van der Waals surface area contributed by atoms with Gasteiger partial charge in [0.15, 0.2) is 0 Å². The summed E-state index contributed by atoms with van der Waals surface area (Å²) >= 11 is 6.28. The van der Waals surface area contributed by atoms with Crippen molar-refractivity contribution in [2.24, 2.45) is 20.5 Å². The number of azo groups is 2. The van der Waals surface area contributed by atoms with Crippen molar-refractivity contribution in [3.63, 3.8) is 0 Å². The Labute approximate surface area is 358 Å². The number of nitrogens with zero attached hydrogens (tertiary/aromatic N) is 6. The summed E-state index contributed by atoms with van der Waals surface area (Å²) in [5, 5.41) is 28.9. The van der Waals surface area contributed by atoms with Gasteiger partial charge in [0, 0.05) is 55.2 Å². The van der Waals surface area contributed by atoms with E-state index in [-0.39, 0.29) is 65.7 Å². The van der Waals surface area contributed by atoms with Gasteiger partial charge in [-0.2, -0.15) is 5.11 Å². The van der Waals surface area contributed by atoms with E-state index in [4.69, 9.17) is 30.5 Å². The Bertz CT molecular complexity index is 1900. The Morgan fingerprint density at radius 3 is 1.60 bits per heavy atom. The molecule has 0 atom stereocenters. The monoisotopic (exact) mass is 846 g/mol. The molecule has 0 aliphatic rings. The second-order valence-electron chi connectivity index (χ2n) is 14.0. The molecule has 0 spiro atoms. The average molecular weight is 847 g/mol. The molecule has 0 fully saturated rings. The molecule has 3 rings (SSSR count). The fourth-order valence-corrected chi connectivity index (χ4v) is 6.23. The van der Waals surface area contributed by atoms with Crippen molar-refractivity contribution in [1.29, 1.82) is 0 Å². The van der Waals surface area contributed by atoms with E-state index < -0.39 is 16.9 Å². The highest BCUT2D eigenvalue weighted by Gasteiger charge is 2.16. The van der Waals surface area contributed by atoms with Crippen molar-refractivity contribution >= 4 is 57.7 Å². The molecule has 0 radical (unpaired) electrons. The quantitative estimate of drug-likeness (QED) is 0.0158. The number of ether oxygens (including phenoxy) is 4. The molecule has 0 amide bonds. The zero-order chi connectivity index (χ0) is 43.5. The van der Waals surface area contributed by atoms with Crippen LogP contribution in [0.3, 0.4) is 0 Å². The fraction of sp³-hybridized carbons (Fsp3) is 0.467. The van der Waals surface area contributed by atoms with E-state index in [1.807, 2.05) is 13.0 Å². The number of nitro groups is 1. The van der Waals surface area contributed by atoms with Crippen molar-refractivity contribution < 1.29 is 33.5 Å². The number of aryl methyl sites for hydroxylation is 1. The van der Waals surface area contributed by atoms with Crippen molar-refractivity contribution in [1.82, 2.24) is 0 Å². The number of halogens is 1. The number of carbonyl (C=O) groups excluding carboxylic acids is 2. The Hall–Kier alpha value is -5.63.